The Labute approximate surface area is 174 Å². The Morgan fingerprint density at radius 2 is 1.93 bits per heavy atom. The quantitative estimate of drug-likeness (QED) is 0.708. The van der Waals surface area contributed by atoms with Gasteiger partial charge in [-0.25, -0.2) is 4.79 Å². The van der Waals surface area contributed by atoms with Crippen molar-refractivity contribution in [1.82, 2.24) is 15.5 Å². The summed E-state index contributed by atoms with van der Waals surface area (Å²) >= 11 is 0. The fourth-order valence-corrected chi connectivity index (χ4v) is 4.22. The van der Waals surface area contributed by atoms with E-state index < -0.39 is 17.5 Å². The number of nitrogens with zero attached hydrogens (tertiary/aromatic N) is 1. The van der Waals surface area contributed by atoms with E-state index >= 15 is 0 Å². The summed E-state index contributed by atoms with van der Waals surface area (Å²) in [4.78, 5) is 39.1. The lowest BCUT2D eigenvalue weighted by Crippen LogP contribution is -2.43. The van der Waals surface area contributed by atoms with E-state index in [1.165, 1.54) is 14.2 Å². The van der Waals surface area contributed by atoms with Crippen LogP contribution in [0.5, 0.6) is 11.5 Å². The number of carbonyl (C=O) groups is 3. The number of hydrogen-bond donors (Lipinski definition) is 2. The molecular weight excluding hydrogens is 386 g/mol. The van der Waals surface area contributed by atoms with Gasteiger partial charge < -0.3 is 20.1 Å². The summed E-state index contributed by atoms with van der Waals surface area (Å²) in [5.74, 6) is 0.260. The molecule has 8 heteroatoms. The van der Waals surface area contributed by atoms with Crippen molar-refractivity contribution in [3.63, 3.8) is 0 Å². The highest BCUT2D eigenvalue weighted by Gasteiger charge is 2.55. The van der Waals surface area contributed by atoms with Crippen molar-refractivity contribution in [1.29, 1.82) is 0 Å². The Hall–Kier alpha value is -3.55. The number of para-hydroxylation sites is 1. The molecule has 0 saturated carbocycles. The van der Waals surface area contributed by atoms with E-state index in [2.05, 4.69) is 10.6 Å². The predicted molar refractivity (Wildman–Crippen MR) is 108 cm³/mol. The van der Waals surface area contributed by atoms with Crippen molar-refractivity contribution >= 4 is 17.8 Å². The number of hydrogen-bond acceptors (Lipinski definition) is 5. The molecule has 0 radical (unpaired) electrons. The predicted octanol–water partition coefficient (Wildman–Crippen LogP) is 1.71. The van der Waals surface area contributed by atoms with Gasteiger partial charge in [-0.15, -0.1) is 0 Å². The van der Waals surface area contributed by atoms with E-state index in [9.17, 15) is 14.4 Å². The second-order valence-corrected chi connectivity index (χ2v) is 7.31. The van der Waals surface area contributed by atoms with Crippen LogP contribution in [0.15, 0.2) is 42.5 Å². The maximum absolute atomic E-state index is 13.1. The first kappa shape index (κ1) is 19.8. The van der Waals surface area contributed by atoms with E-state index in [0.717, 1.165) is 21.6 Å². The van der Waals surface area contributed by atoms with Gasteiger partial charge >= 0.3 is 6.03 Å². The summed E-state index contributed by atoms with van der Waals surface area (Å²) in [5, 5.41) is 5.56. The number of aryl methyl sites for hydroxylation is 1. The van der Waals surface area contributed by atoms with Crippen LogP contribution < -0.4 is 20.1 Å². The molecule has 0 bridgehead atoms. The van der Waals surface area contributed by atoms with Crippen molar-refractivity contribution in [2.75, 3.05) is 20.8 Å². The monoisotopic (exact) mass is 409 g/mol. The highest BCUT2D eigenvalue weighted by atomic mass is 16.5. The molecule has 1 aliphatic heterocycles. The van der Waals surface area contributed by atoms with Gasteiger partial charge in [0.15, 0.2) is 11.5 Å². The number of amides is 4. The van der Waals surface area contributed by atoms with Gasteiger partial charge in [0.25, 0.3) is 5.91 Å². The normalized spacial score (nSPS) is 19.6. The van der Waals surface area contributed by atoms with Gasteiger partial charge in [0, 0.05) is 12.1 Å². The lowest BCUT2D eigenvalue weighted by molar-refractivity contribution is -0.135. The molecule has 1 atom stereocenters. The summed E-state index contributed by atoms with van der Waals surface area (Å²) < 4.78 is 10.6. The Balaban J connectivity index is 1.45. The minimum atomic E-state index is -1.07. The second-order valence-electron chi connectivity index (χ2n) is 7.31. The molecule has 2 aliphatic rings. The number of imide groups is 1. The number of fused-ring (bicyclic) bond motifs is 2. The van der Waals surface area contributed by atoms with E-state index in [1.807, 2.05) is 24.3 Å². The zero-order chi connectivity index (χ0) is 21.3. The second kappa shape index (κ2) is 7.70. The number of carbonyl (C=O) groups excluding carboxylic acids is 3. The number of urea groups is 1. The van der Waals surface area contributed by atoms with Gasteiger partial charge in [0.2, 0.25) is 5.91 Å². The van der Waals surface area contributed by atoms with E-state index in [4.69, 9.17) is 9.47 Å². The molecule has 1 spiro atoms. The van der Waals surface area contributed by atoms with Gasteiger partial charge in [-0.1, -0.05) is 36.4 Å². The lowest BCUT2D eigenvalue weighted by atomic mass is 9.92. The van der Waals surface area contributed by atoms with Crippen LogP contribution in [0.25, 0.3) is 0 Å². The van der Waals surface area contributed by atoms with E-state index in [-0.39, 0.29) is 19.0 Å². The minimum Gasteiger partial charge on any atom is -0.493 e. The Bertz CT molecular complexity index is 1020. The molecule has 0 aromatic heterocycles. The molecule has 1 unspecified atom stereocenters. The summed E-state index contributed by atoms with van der Waals surface area (Å²) in [6, 6.07) is 12.4. The van der Waals surface area contributed by atoms with E-state index in [1.54, 1.807) is 18.2 Å². The van der Waals surface area contributed by atoms with Gasteiger partial charge in [0.1, 0.15) is 12.1 Å². The molecule has 1 heterocycles. The third-order valence-corrected chi connectivity index (χ3v) is 5.68. The Morgan fingerprint density at radius 1 is 1.13 bits per heavy atom. The Morgan fingerprint density at radius 3 is 2.70 bits per heavy atom. The summed E-state index contributed by atoms with van der Waals surface area (Å²) in [6.07, 6.45) is 1.20. The molecule has 156 valence electrons. The Kier molecular flexibility index (Phi) is 5.07. The number of ether oxygens (including phenoxy) is 2. The van der Waals surface area contributed by atoms with Gasteiger partial charge in [-0.05, 0) is 30.0 Å². The van der Waals surface area contributed by atoms with Gasteiger partial charge in [-0.2, -0.15) is 0 Å². The molecule has 2 aromatic carbocycles. The van der Waals surface area contributed by atoms with Crippen molar-refractivity contribution in [2.24, 2.45) is 0 Å². The largest absolute Gasteiger partial charge is 0.493 e. The first-order valence-electron chi connectivity index (χ1n) is 9.69. The molecule has 4 rings (SSSR count). The lowest BCUT2D eigenvalue weighted by Gasteiger charge is -2.22. The maximum Gasteiger partial charge on any atom is 0.325 e. The SMILES string of the molecule is COc1cccc(CNC(=O)CN2C(=O)NC3(CCc4ccccc43)C2=O)c1OC. The third-order valence-electron chi connectivity index (χ3n) is 5.68. The van der Waals surface area contributed by atoms with Crippen molar-refractivity contribution in [2.45, 2.75) is 24.9 Å². The molecule has 1 saturated heterocycles. The first-order valence-corrected chi connectivity index (χ1v) is 9.69. The molecule has 8 nitrogen and oxygen atoms in total. The minimum absolute atomic E-state index is 0.177. The van der Waals surface area contributed by atoms with Crippen molar-refractivity contribution in [3.8, 4) is 11.5 Å². The highest BCUT2D eigenvalue weighted by molar-refractivity contribution is 6.09. The number of benzene rings is 2. The van der Waals surface area contributed by atoms with Crippen LogP contribution in [0.2, 0.25) is 0 Å². The van der Waals surface area contributed by atoms with Crippen LogP contribution in [-0.4, -0.2) is 43.5 Å². The topological polar surface area (TPSA) is 97.0 Å². The van der Waals surface area contributed by atoms with Gasteiger partial charge in [-0.3, -0.25) is 14.5 Å². The van der Waals surface area contributed by atoms with Crippen LogP contribution in [0.1, 0.15) is 23.1 Å². The fraction of sp³-hybridized carbons (Fsp3) is 0.318. The fourth-order valence-electron chi connectivity index (χ4n) is 4.22. The molecule has 1 aliphatic carbocycles. The highest BCUT2D eigenvalue weighted by Crippen LogP contribution is 2.41. The zero-order valence-electron chi connectivity index (χ0n) is 16.9. The van der Waals surface area contributed by atoms with Crippen LogP contribution in [-0.2, 0) is 28.1 Å². The smallest absolute Gasteiger partial charge is 0.325 e. The summed E-state index contributed by atoms with van der Waals surface area (Å²) in [6.45, 7) is -0.169. The molecule has 4 amide bonds. The number of nitrogens with one attached hydrogen (secondary N) is 2. The standard InChI is InChI=1S/C22H23N3O5/c1-29-17-9-5-7-15(19(17)30-2)12-23-18(26)13-25-20(27)22(24-21(25)28)11-10-14-6-3-4-8-16(14)22/h3-9H,10-13H2,1-2H3,(H,23,26)(H,24,28). The van der Waals surface area contributed by atoms with Crippen molar-refractivity contribution < 1.29 is 23.9 Å². The zero-order valence-corrected chi connectivity index (χ0v) is 16.9. The third kappa shape index (κ3) is 3.14. The molecular formula is C22H23N3O5. The summed E-state index contributed by atoms with van der Waals surface area (Å²) in [5.41, 5.74) is 1.52. The van der Waals surface area contributed by atoms with Crippen LogP contribution in [0, 0.1) is 0 Å². The van der Waals surface area contributed by atoms with Crippen LogP contribution >= 0.6 is 0 Å². The molecule has 2 N–H and O–H groups in total. The summed E-state index contributed by atoms with van der Waals surface area (Å²) in [7, 11) is 3.06. The average Bonchev–Trinajstić information content (AvgIpc) is 3.25. The average molecular weight is 409 g/mol. The number of methoxy groups -OCH3 is 2. The number of rotatable bonds is 6. The van der Waals surface area contributed by atoms with Gasteiger partial charge in [0.05, 0.1) is 14.2 Å². The van der Waals surface area contributed by atoms with Crippen molar-refractivity contribution in [3.05, 3.63) is 59.2 Å². The maximum atomic E-state index is 13.1. The molecule has 1 fully saturated rings. The first-order chi connectivity index (χ1) is 14.5. The van der Waals surface area contributed by atoms with Crippen LogP contribution in [0.3, 0.4) is 0 Å². The van der Waals surface area contributed by atoms with E-state index in [0.29, 0.717) is 24.3 Å². The molecule has 30 heavy (non-hydrogen) atoms. The van der Waals surface area contributed by atoms with Crippen LogP contribution in [0.4, 0.5) is 4.79 Å². The molecule has 2 aromatic rings.